The largest absolute Gasteiger partial charge is 0.374 e. The summed E-state index contributed by atoms with van der Waals surface area (Å²) in [6.07, 6.45) is 1.69. The first-order chi connectivity index (χ1) is 9.16. The highest BCUT2D eigenvalue weighted by molar-refractivity contribution is 7.80. The van der Waals surface area contributed by atoms with Crippen LogP contribution in [0, 0.1) is 0 Å². The molecule has 2 rings (SSSR count). The second-order valence-corrected chi connectivity index (χ2v) is 4.64. The van der Waals surface area contributed by atoms with Crippen molar-refractivity contribution in [1.82, 2.24) is 0 Å². The molecule has 0 heterocycles. The van der Waals surface area contributed by atoms with Gasteiger partial charge in [-0.25, -0.2) is 5.01 Å². The van der Waals surface area contributed by atoms with E-state index >= 15 is 0 Å². The molecule has 0 spiro atoms. The molecule has 0 aliphatic rings. The van der Waals surface area contributed by atoms with Crippen LogP contribution in [0.3, 0.4) is 0 Å². The highest BCUT2D eigenvalue weighted by atomic mass is 35.5. The van der Waals surface area contributed by atoms with Crippen LogP contribution in [0.1, 0.15) is 5.56 Å². The molecule has 0 aliphatic heterocycles. The fourth-order valence-corrected chi connectivity index (χ4v) is 1.86. The van der Waals surface area contributed by atoms with Gasteiger partial charge in [-0.2, -0.15) is 5.10 Å². The van der Waals surface area contributed by atoms with E-state index in [1.807, 2.05) is 42.5 Å². The van der Waals surface area contributed by atoms with E-state index in [4.69, 9.17) is 29.6 Å². The normalized spacial score (nSPS) is 10.6. The Bertz CT molecular complexity index is 599. The van der Waals surface area contributed by atoms with E-state index in [2.05, 4.69) is 5.10 Å². The second kappa shape index (κ2) is 6.31. The Morgan fingerprint density at radius 2 is 1.89 bits per heavy atom. The van der Waals surface area contributed by atoms with Gasteiger partial charge in [0.25, 0.3) is 0 Å². The predicted molar refractivity (Wildman–Crippen MR) is 84.8 cm³/mol. The fourth-order valence-electron chi connectivity index (χ4n) is 1.52. The number of hydrogen-bond donors (Lipinski definition) is 1. The third-order valence-electron chi connectivity index (χ3n) is 2.38. The van der Waals surface area contributed by atoms with Gasteiger partial charge in [0.05, 0.1) is 11.9 Å². The smallest absolute Gasteiger partial charge is 0.191 e. The molecule has 0 aliphatic carbocycles. The molecule has 0 bridgehead atoms. The van der Waals surface area contributed by atoms with Crippen LogP contribution in [0.4, 0.5) is 5.69 Å². The number of halogens is 1. The van der Waals surface area contributed by atoms with Crippen molar-refractivity contribution >= 4 is 40.8 Å². The summed E-state index contributed by atoms with van der Waals surface area (Å²) in [5.41, 5.74) is 7.38. The average Bonchev–Trinajstić information content (AvgIpc) is 2.40. The molecule has 19 heavy (non-hydrogen) atoms. The lowest BCUT2D eigenvalue weighted by Crippen LogP contribution is -2.30. The molecule has 2 aromatic rings. The number of benzene rings is 2. The minimum atomic E-state index is 0.162. The quantitative estimate of drug-likeness (QED) is 0.535. The average molecular weight is 290 g/mol. The summed E-state index contributed by atoms with van der Waals surface area (Å²) in [7, 11) is 0. The Kier molecular flexibility index (Phi) is 4.49. The standard InChI is InChI=1S/C14H12ClN3S/c15-12-7-4-8-13(9-12)18(14(16)19)17-10-11-5-2-1-3-6-11/h1-10H,(H2,16,19)/b17-10+. The molecule has 5 heteroatoms. The zero-order valence-corrected chi connectivity index (χ0v) is 11.6. The van der Waals surface area contributed by atoms with Crippen molar-refractivity contribution in [2.45, 2.75) is 0 Å². The Hall–Kier alpha value is -1.91. The number of anilines is 1. The number of hydrazone groups is 1. The highest BCUT2D eigenvalue weighted by Crippen LogP contribution is 2.19. The van der Waals surface area contributed by atoms with Crippen molar-refractivity contribution in [2.24, 2.45) is 10.8 Å². The second-order valence-electron chi connectivity index (χ2n) is 3.79. The number of rotatable bonds is 3. The van der Waals surface area contributed by atoms with Crippen LogP contribution in [-0.2, 0) is 0 Å². The Morgan fingerprint density at radius 1 is 1.16 bits per heavy atom. The lowest BCUT2D eigenvalue weighted by molar-refractivity contribution is 1.14. The number of nitrogens with zero attached hydrogens (tertiary/aromatic N) is 2. The first-order valence-electron chi connectivity index (χ1n) is 5.61. The molecule has 2 N–H and O–H groups in total. The van der Waals surface area contributed by atoms with Crippen LogP contribution >= 0.6 is 23.8 Å². The van der Waals surface area contributed by atoms with Gasteiger partial charge in [-0.15, -0.1) is 0 Å². The maximum absolute atomic E-state index is 5.95. The van der Waals surface area contributed by atoms with Crippen molar-refractivity contribution in [3.05, 3.63) is 65.2 Å². The summed E-state index contributed by atoms with van der Waals surface area (Å²) in [5, 5.41) is 6.52. The highest BCUT2D eigenvalue weighted by Gasteiger charge is 2.07. The van der Waals surface area contributed by atoms with Gasteiger partial charge in [0.1, 0.15) is 0 Å². The zero-order valence-electron chi connectivity index (χ0n) is 10.0. The predicted octanol–water partition coefficient (Wildman–Crippen LogP) is 3.42. The van der Waals surface area contributed by atoms with Gasteiger partial charge in [-0.3, -0.25) is 0 Å². The van der Waals surface area contributed by atoms with E-state index in [0.717, 1.165) is 11.3 Å². The zero-order chi connectivity index (χ0) is 13.7. The van der Waals surface area contributed by atoms with Crippen molar-refractivity contribution in [2.75, 3.05) is 5.01 Å². The summed E-state index contributed by atoms with van der Waals surface area (Å²) in [4.78, 5) is 0. The summed E-state index contributed by atoms with van der Waals surface area (Å²) in [6, 6.07) is 16.9. The van der Waals surface area contributed by atoms with E-state index in [1.54, 1.807) is 18.3 Å². The molecule has 2 aromatic carbocycles. The molecular weight excluding hydrogens is 278 g/mol. The van der Waals surface area contributed by atoms with E-state index in [9.17, 15) is 0 Å². The van der Waals surface area contributed by atoms with Gasteiger partial charge < -0.3 is 5.73 Å². The molecule has 0 atom stereocenters. The Labute approximate surface area is 122 Å². The molecule has 0 amide bonds. The monoisotopic (exact) mass is 289 g/mol. The minimum absolute atomic E-state index is 0.162. The van der Waals surface area contributed by atoms with Gasteiger partial charge in [0, 0.05) is 5.02 Å². The van der Waals surface area contributed by atoms with Crippen LogP contribution in [0.25, 0.3) is 0 Å². The van der Waals surface area contributed by atoms with Crippen LogP contribution < -0.4 is 10.7 Å². The summed E-state index contributed by atoms with van der Waals surface area (Å²) in [6.45, 7) is 0. The minimum Gasteiger partial charge on any atom is -0.374 e. The third kappa shape index (κ3) is 3.77. The molecule has 3 nitrogen and oxygen atoms in total. The molecule has 0 unspecified atom stereocenters. The van der Waals surface area contributed by atoms with Crippen LogP contribution in [0.5, 0.6) is 0 Å². The molecular formula is C14H12ClN3S. The topological polar surface area (TPSA) is 41.6 Å². The van der Waals surface area contributed by atoms with Crippen molar-refractivity contribution in [3.8, 4) is 0 Å². The summed E-state index contributed by atoms with van der Waals surface area (Å²) < 4.78 is 0. The number of thiocarbonyl (C=S) groups is 1. The van der Waals surface area contributed by atoms with E-state index in [1.165, 1.54) is 5.01 Å². The van der Waals surface area contributed by atoms with Crippen molar-refractivity contribution in [3.63, 3.8) is 0 Å². The van der Waals surface area contributed by atoms with E-state index in [0.29, 0.717) is 5.02 Å². The summed E-state index contributed by atoms with van der Waals surface area (Å²) in [5.74, 6) is 0. The van der Waals surface area contributed by atoms with Crippen molar-refractivity contribution < 1.29 is 0 Å². The Balaban J connectivity index is 2.27. The van der Waals surface area contributed by atoms with Crippen LogP contribution in [0.15, 0.2) is 59.7 Å². The molecule has 0 radical (unpaired) electrons. The lowest BCUT2D eigenvalue weighted by Gasteiger charge is -2.16. The summed E-state index contributed by atoms with van der Waals surface area (Å²) >= 11 is 11.0. The van der Waals surface area contributed by atoms with E-state index < -0.39 is 0 Å². The molecule has 96 valence electrons. The van der Waals surface area contributed by atoms with Gasteiger partial charge in [-0.05, 0) is 36.0 Å². The SMILES string of the molecule is NC(=S)N(/N=C/c1ccccc1)c1cccc(Cl)c1. The van der Waals surface area contributed by atoms with Gasteiger partial charge in [0.15, 0.2) is 5.11 Å². The fraction of sp³-hybridized carbons (Fsp3) is 0. The maximum atomic E-state index is 5.95. The third-order valence-corrected chi connectivity index (χ3v) is 2.79. The van der Waals surface area contributed by atoms with Gasteiger partial charge >= 0.3 is 0 Å². The van der Waals surface area contributed by atoms with Crippen LogP contribution in [0.2, 0.25) is 5.02 Å². The first kappa shape index (κ1) is 13.5. The maximum Gasteiger partial charge on any atom is 0.191 e. The first-order valence-corrected chi connectivity index (χ1v) is 6.39. The van der Waals surface area contributed by atoms with Gasteiger partial charge in [0.2, 0.25) is 0 Å². The molecule has 0 saturated carbocycles. The molecule has 0 saturated heterocycles. The van der Waals surface area contributed by atoms with Crippen molar-refractivity contribution in [1.29, 1.82) is 0 Å². The molecule has 0 fully saturated rings. The number of hydrogen-bond acceptors (Lipinski definition) is 2. The van der Waals surface area contributed by atoms with Crippen LogP contribution in [-0.4, -0.2) is 11.3 Å². The van der Waals surface area contributed by atoms with Gasteiger partial charge in [-0.1, -0.05) is 48.0 Å². The van der Waals surface area contributed by atoms with E-state index in [-0.39, 0.29) is 5.11 Å². The Morgan fingerprint density at radius 3 is 2.53 bits per heavy atom. The molecule has 0 aromatic heterocycles. The number of nitrogens with two attached hydrogens (primary N) is 1. The lowest BCUT2D eigenvalue weighted by atomic mass is 10.2.